The smallest absolute Gasteiger partial charge is 0.254 e. The van der Waals surface area contributed by atoms with Gasteiger partial charge >= 0.3 is 0 Å². The van der Waals surface area contributed by atoms with Crippen LogP contribution in [0.15, 0.2) is 72.1 Å². The summed E-state index contributed by atoms with van der Waals surface area (Å²) in [4.78, 5) is 23.1. The van der Waals surface area contributed by atoms with E-state index in [0.717, 1.165) is 21.5 Å². The molecule has 0 saturated carbocycles. The summed E-state index contributed by atoms with van der Waals surface area (Å²) >= 11 is 1.61. The van der Waals surface area contributed by atoms with Gasteiger partial charge in [-0.15, -0.1) is 11.3 Å². The lowest BCUT2D eigenvalue weighted by molar-refractivity contribution is 0.0748. The zero-order valence-corrected chi connectivity index (χ0v) is 17.1. The van der Waals surface area contributed by atoms with Gasteiger partial charge < -0.3 is 9.80 Å². The van der Waals surface area contributed by atoms with E-state index in [-0.39, 0.29) is 11.7 Å². The molecule has 3 heterocycles. The Morgan fingerprint density at radius 3 is 2.47 bits per heavy atom. The van der Waals surface area contributed by atoms with Gasteiger partial charge in [-0.1, -0.05) is 36.4 Å². The van der Waals surface area contributed by atoms with Crippen LogP contribution in [0.4, 0.5) is 10.1 Å². The topological polar surface area (TPSA) is 36.4 Å². The Morgan fingerprint density at radius 1 is 0.933 bits per heavy atom. The summed E-state index contributed by atoms with van der Waals surface area (Å²) in [5.41, 5.74) is 2.90. The number of aromatic nitrogens is 1. The van der Waals surface area contributed by atoms with E-state index >= 15 is 0 Å². The fourth-order valence-electron chi connectivity index (χ4n) is 3.93. The fourth-order valence-corrected chi connectivity index (χ4v) is 4.62. The van der Waals surface area contributed by atoms with Crippen LogP contribution in [0.3, 0.4) is 0 Å². The SMILES string of the molecule is O=C(c1cc(-c2cccs2)nc2ccccc12)N1CCN(c2ccccc2F)CC1. The molecule has 1 aliphatic heterocycles. The van der Waals surface area contributed by atoms with Crippen molar-refractivity contribution in [2.24, 2.45) is 0 Å². The van der Waals surface area contributed by atoms with E-state index in [1.54, 1.807) is 23.5 Å². The average Bonchev–Trinajstić information content (AvgIpc) is 3.33. The van der Waals surface area contributed by atoms with Gasteiger partial charge in [-0.25, -0.2) is 9.37 Å². The van der Waals surface area contributed by atoms with Crippen LogP contribution in [0.2, 0.25) is 0 Å². The van der Waals surface area contributed by atoms with Gasteiger partial charge in [-0.05, 0) is 35.7 Å². The maximum absolute atomic E-state index is 14.1. The molecular weight excluding hydrogens is 397 g/mol. The summed E-state index contributed by atoms with van der Waals surface area (Å²) in [5.74, 6) is -0.224. The Balaban J connectivity index is 1.43. The van der Waals surface area contributed by atoms with Crippen molar-refractivity contribution in [2.75, 3.05) is 31.1 Å². The van der Waals surface area contributed by atoms with E-state index in [1.165, 1.54) is 6.07 Å². The number of benzene rings is 2. The van der Waals surface area contributed by atoms with Gasteiger partial charge in [0.15, 0.2) is 0 Å². The van der Waals surface area contributed by atoms with Crippen LogP contribution >= 0.6 is 11.3 Å². The quantitative estimate of drug-likeness (QED) is 0.467. The van der Waals surface area contributed by atoms with Crippen LogP contribution in [0, 0.1) is 5.82 Å². The Kier molecular flexibility index (Phi) is 4.93. The molecule has 0 radical (unpaired) electrons. The highest BCUT2D eigenvalue weighted by atomic mass is 32.1. The molecule has 0 N–H and O–H groups in total. The lowest BCUT2D eigenvalue weighted by Crippen LogP contribution is -2.49. The van der Waals surface area contributed by atoms with Crippen LogP contribution < -0.4 is 4.90 Å². The molecule has 0 unspecified atom stereocenters. The number of hydrogen-bond acceptors (Lipinski definition) is 4. The number of carbonyl (C=O) groups excluding carboxylic acids is 1. The summed E-state index contributed by atoms with van der Waals surface area (Å²) < 4.78 is 14.1. The van der Waals surface area contributed by atoms with Gasteiger partial charge in [-0.3, -0.25) is 4.79 Å². The van der Waals surface area contributed by atoms with Crippen molar-refractivity contribution in [2.45, 2.75) is 0 Å². The zero-order chi connectivity index (χ0) is 20.5. The summed E-state index contributed by atoms with van der Waals surface area (Å²) in [6, 6.07) is 20.5. The molecule has 0 aliphatic carbocycles. The number of piperazine rings is 1. The number of halogens is 1. The monoisotopic (exact) mass is 417 g/mol. The summed E-state index contributed by atoms with van der Waals surface area (Å²) in [6.07, 6.45) is 0. The summed E-state index contributed by atoms with van der Waals surface area (Å²) in [6.45, 7) is 2.32. The molecule has 5 rings (SSSR count). The number of nitrogens with zero attached hydrogens (tertiary/aromatic N) is 3. The van der Waals surface area contributed by atoms with Gasteiger partial charge in [0.05, 0.1) is 27.3 Å². The third kappa shape index (κ3) is 3.44. The molecule has 1 aliphatic rings. The van der Waals surface area contributed by atoms with Crippen molar-refractivity contribution >= 4 is 33.8 Å². The molecule has 0 spiro atoms. The molecule has 4 nitrogen and oxygen atoms in total. The standard InChI is InChI=1S/C24H20FN3OS/c25-19-7-2-4-9-22(19)27-11-13-28(14-12-27)24(29)18-16-21(23-10-5-15-30-23)26-20-8-3-1-6-17(18)20/h1-10,15-16H,11-14H2. The molecule has 0 atom stereocenters. The maximum atomic E-state index is 14.1. The van der Waals surface area contributed by atoms with E-state index in [9.17, 15) is 9.18 Å². The van der Waals surface area contributed by atoms with Crippen molar-refractivity contribution in [1.29, 1.82) is 0 Å². The van der Waals surface area contributed by atoms with E-state index in [0.29, 0.717) is 37.4 Å². The zero-order valence-electron chi connectivity index (χ0n) is 16.3. The van der Waals surface area contributed by atoms with Crippen molar-refractivity contribution in [3.63, 3.8) is 0 Å². The van der Waals surface area contributed by atoms with E-state index in [4.69, 9.17) is 4.98 Å². The first kappa shape index (κ1) is 18.8. The first-order valence-electron chi connectivity index (χ1n) is 9.93. The lowest BCUT2D eigenvalue weighted by Gasteiger charge is -2.36. The first-order chi connectivity index (χ1) is 14.7. The first-order valence-corrected chi connectivity index (χ1v) is 10.8. The highest BCUT2D eigenvalue weighted by Crippen LogP contribution is 2.29. The number of fused-ring (bicyclic) bond motifs is 1. The molecule has 1 amide bonds. The molecule has 150 valence electrons. The van der Waals surface area contributed by atoms with Crippen molar-refractivity contribution in [1.82, 2.24) is 9.88 Å². The molecule has 1 fully saturated rings. The Bertz CT molecular complexity index is 1200. The molecule has 6 heteroatoms. The number of pyridine rings is 1. The molecule has 4 aromatic rings. The normalized spacial score (nSPS) is 14.3. The second-order valence-corrected chi connectivity index (χ2v) is 8.23. The molecule has 0 bridgehead atoms. The van der Waals surface area contributed by atoms with E-state index < -0.39 is 0 Å². The number of rotatable bonds is 3. The van der Waals surface area contributed by atoms with Crippen LogP contribution in [0.1, 0.15) is 10.4 Å². The second-order valence-electron chi connectivity index (χ2n) is 7.28. The largest absolute Gasteiger partial charge is 0.366 e. The van der Waals surface area contributed by atoms with Gasteiger partial charge in [-0.2, -0.15) is 0 Å². The highest BCUT2D eigenvalue weighted by molar-refractivity contribution is 7.13. The van der Waals surface area contributed by atoms with Gasteiger partial charge in [0, 0.05) is 31.6 Å². The Morgan fingerprint density at radius 2 is 1.70 bits per heavy atom. The number of thiophene rings is 1. The van der Waals surface area contributed by atoms with Crippen molar-refractivity contribution in [3.05, 3.63) is 83.5 Å². The molecule has 30 heavy (non-hydrogen) atoms. The summed E-state index contributed by atoms with van der Waals surface area (Å²) in [7, 11) is 0. The van der Waals surface area contributed by atoms with E-state index in [2.05, 4.69) is 0 Å². The predicted molar refractivity (Wildman–Crippen MR) is 120 cm³/mol. The minimum absolute atomic E-state index is 0.000380. The van der Waals surface area contributed by atoms with Crippen LogP contribution in [0.5, 0.6) is 0 Å². The molecule has 2 aromatic carbocycles. The lowest BCUT2D eigenvalue weighted by atomic mass is 10.1. The van der Waals surface area contributed by atoms with Gasteiger partial charge in [0.25, 0.3) is 5.91 Å². The fraction of sp³-hybridized carbons (Fsp3) is 0.167. The van der Waals surface area contributed by atoms with Crippen LogP contribution in [-0.4, -0.2) is 42.0 Å². The summed E-state index contributed by atoms with van der Waals surface area (Å²) in [5, 5.41) is 2.87. The second kappa shape index (κ2) is 7.88. The minimum atomic E-state index is -0.224. The number of anilines is 1. The maximum Gasteiger partial charge on any atom is 0.254 e. The van der Waals surface area contributed by atoms with Gasteiger partial charge in [0.2, 0.25) is 0 Å². The van der Waals surface area contributed by atoms with Crippen molar-refractivity contribution in [3.8, 4) is 10.6 Å². The van der Waals surface area contributed by atoms with Crippen LogP contribution in [0.25, 0.3) is 21.5 Å². The number of para-hydroxylation sites is 2. The van der Waals surface area contributed by atoms with Crippen LogP contribution in [-0.2, 0) is 0 Å². The average molecular weight is 418 g/mol. The van der Waals surface area contributed by atoms with E-state index in [1.807, 2.05) is 63.7 Å². The number of hydrogen-bond donors (Lipinski definition) is 0. The number of carbonyl (C=O) groups is 1. The Labute approximate surface area is 178 Å². The predicted octanol–water partition coefficient (Wildman–Crippen LogP) is 5.06. The highest BCUT2D eigenvalue weighted by Gasteiger charge is 2.25. The number of amides is 1. The third-order valence-corrected chi connectivity index (χ3v) is 6.37. The Hall–Kier alpha value is -3.25. The molecule has 2 aromatic heterocycles. The minimum Gasteiger partial charge on any atom is -0.366 e. The molecular formula is C24H20FN3OS. The molecule has 1 saturated heterocycles. The third-order valence-electron chi connectivity index (χ3n) is 5.48. The van der Waals surface area contributed by atoms with Gasteiger partial charge in [0.1, 0.15) is 5.82 Å². The van der Waals surface area contributed by atoms with Crippen molar-refractivity contribution < 1.29 is 9.18 Å².